The normalized spacial score (nSPS) is 11.3. The molecule has 108 valence electrons. The van der Waals surface area contributed by atoms with Gasteiger partial charge in [0.25, 0.3) is 0 Å². The van der Waals surface area contributed by atoms with Crippen molar-refractivity contribution in [1.82, 2.24) is 14.5 Å². The van der Waals surface area contributed by atoms with Crippen LogP contribution in [0.25, 0.3) is 16.7 Å². The fraction of sp³-hybridized carbons (Fsp3) is 0.294. The zero-order valence-corrected chi connectivity index (χ0v) is 13.7. The Balaban J connectivity index is 2.44. The van der Waals surface area contributed by atoms with Crippen molar-refractivity contribution in [1.29, 1.82) is 0 Å². The number of benzene rings is 1. The van der Waals surface area contributed by atoms with Crippen molar-refractivity contribution in [2.45, 2.75) is 34.6 Å². The van der Waals surface area contributed by atoms with Gasteiger partial charge in [0.1, 0.15) is 16.6 Å². The molecule has 4 heteroatoms. The van der Waals surface area contributed by atoms with Gasteiger partial charge in [-0.3, -0.25) is 4.57 Å². The fourth-order valence-electron chi connectivity index (χ4n) is 3.08. The van der Waals surface area contributed by atoms with E-state index in [2.05, 4.69) is 60.4 Å². The molecule has 3 nitrogen and oxygen atoms in total. The molecule has 0 aliphatic carbocycles. The summed E-state index contributed by atoms with van der Waals surface area (Å²) in [4.78, 5) is 8.86. The van der Waals surface area contributed by atoms with Crippen LogP contribution < -0.4 is 0 Å². The Morgan fingerprint density at radius 3 is 2.14 bits per heavy atom. The molecule has 0 N–H and O–H groups in total. The van der Waals surface area contributed by atoms with Gasteiger partial charge in [-0.15, -0.1) is 0 Å². The number of halogens is 1. The minimum absolute atomic E-state index is 0.516. The van der Waals surface area contributed by atoms with E-state index in [9.17, 15) is 0 Å². The lowest BCUT2D eigenvalue weighted by Crippen LogP contribution is -2.04. The van der Waals surface area contributed by atoms with Crippen molar-refractivity contribution in [2.75, 3.05) is 0 Å². The van der Waals surface area contributed by atoms with Crippen LogP contribution >= 0.6 is 11.6 Å². The highest BCUT2D eigenvalue weighted by Gasteiger charge is 2.16. The van der Waals surface area contributed by atoms with Crippen LogP contribution in [0.5, 0.6) is 0 Å². The molecular formula is C17H18ClN3. The number of aromatic nitrogens is 3. The van der Waals surface area contributed by atoms with Crippen molar-refractivity contribution in [3.05, 3.63) is 51.6 Å². The number of hydrogen-bond acceptors (Lipinski definition) is 2. The Hall–Kier alpha value is -1.87. The van der Waals surface area contributed by atoms with Crippen molar-refractivity contribution in [3.63, 3.8) is 0 Å². The first-order chi connectivity index (χ1) is 9.88. The quantitative estimate of drug-likeness (QED) is 0.614. The molecule has 0 aliphatic heterocycles. The van der Waals surface area contributed by atoms with Crippen LogP contribution in [0.1, 0.15) is 28.2 Å². The van der Waals surface area contributed by atoms with Gasteiger partial charge in [-0.2, -0.15) is 0 Å². The Morgan fingerprint density at radius 2 is 1.52 bits per heavy atom. The van der Waals surface area contributed by atoms with E-state index in [4.69, 9.17) is 11.6 Å². The maximum atomic E-state index is 6.28. The van der Waals surface area contributed by atoms with Gasteiger partial charge in [-0.05, 0) is 51.8 Å². The van der Waals surface area contributed by atoms with Gasteiger partial charge in [0.05, 0.1) is 11.1 Å². The molecule has 0 fully saturated rings. The van der Waals surface area contributed by atoms with Gasteiger partial charge in [0.15, 0.2) is 0 Å². The van der Waals surface area contributed by atoms with Crippen LogP contribution in [-0.4, -0.2) is 14.5 Å². The second kappa shape index (κ2) is 4.85. The predicted octanol–water partition coefficient (Wildman–Crippen LogP) is 4.62. The smallest absolute Gasteiger partial charge is 0.149 e. The molecule has 2 aromatic heterocycles. The lowest BCUT2D eigenvalue weighted by atomic mass is 10.0. The van der Waals surface area contributed by atoms with Crippen molar-refractivity contribution >= 4 is 22.6 Å². The lowest BCUT2D eigenvalue weighted by molar-refractivity contribution is 0.978. The van der Waals surface area contributed by atoms with Gasteiger partial charge in [-0.1, -0.05) is 29.3 Å². The van der Waals surface area contributed by atoms with Gasteiger partial charge in [0.2, 0.25) is 0 Å². The topological polar surface area (TPSA) is 30.7 Å². The summed E-state index contributed by atoms with van der Waals surface area (Å²) in [6.45, 7) is 10.3. The summed E-state index contributed by atoms with van der Waals surface area (Å²) >= 11 is 6.28. The first-order valence-corrected chi connectivity index (χ1v) is 7.36. The third-order valence-electron chi connectivity index (χ3n) is 3.77. The highest BCUT2D eigenvalue weighted by molar-refractivity contribution is 6.34. The zero-order valence-electron chi connectivity index (χ0n) is 13.0. The molecule has 3 aromatic rings. The van der Waals surface area contributed by atoms with Crippen LogP contribution in [-0.2, 0) is 0 Å². The number of aryl methyl sites for hydroxylation is 5. The molecule has 3 rings (SSSR count). The lowest BCUT2D eigenvalue weighted by Gasteiger charge is -2.15. The summed E-state index contributed by atoms with van der Waals surface area (Å²) < 4.78 is 2.18. The fourth-order valence-corrected chi connectivity index (χ4v) is 3.34. The largest absolute Gasteiger partial charge is 0.298 e. The molecule has 0 saturated carbocycles. The highest BCUT2D eigenvalue weighted by atomic mass is 35.5. The van der Waals surface area contributed by atoms with E-state index in [1.807, 2.05) is 6.92 Å². The van der Waals surface area contributed by atoms with E-state index >= 15 is 0 Å². The van der Waals surface area contributed by atoms with Gasteiger partial charge < -0.3 is 0 Å². The molecular weight excluding hydrogens is 282 g/mol. The molecule has 21 heavy (non-hydrogen) atoms. The molecule has 0 radical (unpaired) electrons. The summed E-state index contributed by atoms with van der Waals surface area (Å²) in [6.07, 6.45) is 0. The maximum Gasteiger partial charge on any atom is 0.149 e. The van der Waals surface area contributed by atoms with Gasteiger partial charge in [0, 0.05) is 5.69 Å². The van der Waals surface area contributed by atoms with Crippen LogP contribution in [0.15, 0.2) is 18.2 Å². The minimum atomic E-state index is 0.516. The van der Waals surface area contributed by atoms with E-state index in [-0.39, 0.29) is 0 Å². The number of nitrogens with zero attached hydrogens (tertiary/aromatic N) is 3. The number of rotatable bonds is 1. The van der Waals surface area contributed by atoms with Crippen LogP contribution in [0.2, 0.25) is 5.15 Å². The van der Waals surface area contributed by atoms with Gasteiger partial charge in [-0.25, -0.2) is 9.97 Å². The molecule has 0 atom stereocenters. The predicted molar refractivity (Wildman–Crippen MR) is 87.6 cm³/mol. The minimum Gasteiger partial charge on any atom is -0.298 e. The van der Waals surface area contributed by atoms with Gasteiger partial charge >= 0.3 is 0 Å². The molecule has 0 spiro atoms. The zero-order chi connectivity index (χ0) is 15.3. The second-order valence-electron chi connectivity index (χ2n) is 5.67. The van der Waals surface area contributed by atoms with E-state index in [1.54, 1.807) is 0 Å². The van der Waals surface area contributed by atoms with Crippen molar-refractivity contribution in [3.8, 4) is 5.69 Å². The Bertz CT molecular complexity index is 839. The molecule has 0 saturated heterocycles. The molecule has 0 unspecified atom stereocenters. The monoisotopic (exact) mass is 299 g/mol. The van der Waals surface area contributed by atoms with E-state index < -0.39 is 0 Å². The SMILES string of the molecule is Cc1cc(C)c(-n2c(C)cc3c(Cl)nc(C)nc32)c(C)c1. The Morgan fingerprint density at radius 1 is 0.905 bits per heavy atom. The molecule has 2 heterocycles. The standard InChI is InChI=1S/C17H18ClN3/c1-9-6-10(2)15(11(3)7-9)21-12(4)8-14-16(18)19-13(5)20-17(14)21/h6-8H,1-5H3. The molecule has 0 bridgehead atoms. The van der Waals surface area contributed by atoms with Crippen LogP contribution in [0, 0.1) is 34.6 Å². The molecule has 1 aromatic carbocycles. The van der Waals surface area contributed by atoms with Crippen LogP contribution in [0.3, 0.4) is 0 Å². The van der Waals surface area contributed by atoms with Crippen molar-refractivity contribution in [2.24, 2.45) is 0 Å². The van der Waals surface area contributed by atoms with E-state index in [0.29, 0.717) is 11.0 Å². The summed E-state index contributed by atoms with van der Waals surface area (Å²) in [6, 6.07) is 6.45. The summed E-state index contributed by atoms with van der Waals surface area (Å²) in [7, 11) is 0. The van der Waals surface area contributed by atoms with Crippen LogP contribution in [0.4, 0.5) is 0 Å². The van der Waals surface area contributed by atoms with E-state index in [0.717, 1.165) is 16.7 Å². The number of hydrogen-bond donors (Lipinski definition) is 0. The average Bonchev–Trinajstić information content (AvgIpc) is 2.66. The Kier molecular flexibility index (Phi) is 3.25. The molecule has 0 amide bonds. The summed E-state index contributed by atoms with van der Waals surface area (Å²) in [5.41, 5.74) is 6.91. The van der Waals surface area contributed by atoms with Crippen molar-refractivity contribution < 1.29 is 0 Å². The average molecular weight is 300 g/mol. The highest BCUT2D eigenvalue weighted by Crippen LogP contribution is 2.30. The first-order valence-electron chi connectivity index (χ1n) is 6.99. The first kappa shape index (κ1) is 14.1. The Labute approximate surface area is 129 Å². The third-order valence-corrected chi connectivity index (χ3v) is 4.06. The summed E-state index contributed by atoms with van der Waals surface area (Å²) in [5, 5.41) is 1.42. The maximum absolute atomic E-state index is 6.28. The third kappa shape index (κ3) is 2.22. The number of fused-ring (bicyclic) bond motifs is 1. The summed E-state index contributed by atoms with van der Waals surface area (Å²) in [5.74, 6) is 0.689. The second-order valence-corrected chi connectivity index (χ2v) is 6.03. The van der Waals surface area contributed by atoms with E-state index in [1.165, 1.54) is 22.4 Å². The molecule has 0 aliphatic rings.